The summed E-state index contributed by atoms with van der Waals surface area (Å²) in [4.78, 5) is 0. The summed E-state index contributed by atoms with van der Waals surface area (Å²) in [6, 6.07) is 6.26. The van der Waals surface area contributed by atoms with E-state index in [1.165, 1.54) is 11.1 Å². The number of rotatable bonds is 2. The molecular weight excluding hydrogens is 188 g/mol. The van der Waals surface area contributed by atoms with Crippen LogP contribution in [0.1, 0.15) is 16.7 Å². The molecule has 1 aromatic heterocycles. The molecule has 0 amide bonds. The Hall–Kier alpha value is -1.97. The summed E-state index contributed by atoms with van der Waals surface area (Å²) in [6.07, 6.45) is 4.91. The second-order valence-electron chi connectivity index (χ2n) is 3.45. The smallest absolute Gasteiger partial charge is 0.141 e. The maximum absolute atomic E-state index is 4.19. The van der Waals surface area contributed by atoms with Crippen LogP contribution in [0.4, 0.5) is 0 Å². The van der Waals surface area contributed by atoms with E-state index in [0.717, 1.165) is 5.56 Å². The van der Waals surface area contributed by atoms with Crippen molar-refractivity contribution in [3.05, 3.63) is 47.5 Å². The Labute approximate surface area is 88.3 Å². The van der Waals surface area contributed by atoms with Crippen molar-refractivity contribution in [2.75, 3.05) is 0 Å². The largest absolute Gasteiger partial charge is 0.208 e. The van der Waals surface area contributed by atoms with Crippen LogP contribution >= 0.6 is 0 Å². The van der Waals surface area contributed by atoms with Crippen LogP contribution in [0.5, 0.6) is 0 Å². The molecule has 15 heavy (non-hydrogen) atoms. The van der Waals surface area contributed by atoms with Crippen molar-refractivity contribution in [2.45, 2.75) is 13.8 Å². The zero-order valence-corrected chi connectivity index (χ0v) is 8.75. The third-order valence-electron chi connectivity index (χ3n) is 2.16. The van der Waals surface area contributed by atoms with Crippen LogP contribution in [0.2, 0.25) is 0 Å². The molecule has 0 aliphatic rings. The fourth-order valence-electron chi connectivity index (χ4n) is 1.35. The second-order valence-corrected chi connectivity index (χ2v) is 3.45. The van der Waals surface area contributed by atoms with Crippen LogP contribution < -0.4 is 0 Å². The van der Waals surface area contributed by atoms with Crippen LogP contribution in [0.3, 0.4) is 0 Å². The number of nitrogens with zero attached hydrogens (tertiary/aromatic N) is 4. The quantitative estimate of drug-likeness (QED) is 0.693. The van der Waals surface area contributed by atoms with Crippen molar-refractivity contribution in [1.29, 1.82) is 0 Å². The van der Waals surface area contributed by atoms with Crippen molar-refractivity contribution < 1.29 is 0 Å². The minimum atomic E-state index is 1.11. The molecule has 0 fully saturated rings. The molecule has 0 aliphatic carbocycles. The predicted octanol–water partition coefficient (Wildman–Crippen LogP) is 1.78. The summed E-state index contributed by atoms with van der Waals surface area (Å²) in [6.45, 7) is 4.15. The lowest BCUT2D eigenvalue weighted by atomic mass is 10.1. The first-order valence-corrected chi connectivity index (χ1v) is 4.72. The first kappa shape index (κ1) is 9.58. The molecule has 0 spiro atoms. The molecular formula is C11H12N4. The number of benzene rings is 1. The lowest BCUT2D eigenvalue weighted by molar-refractivity contribution is 0.878. The van der Waals surface area contributed by atoms with Gasteiger partial charge in [-0.1, -0.05) is 23.8 Å². The van der Waals surface area contributed by atoms with Gasteiger partial charge in [-0.25, -0.2) is 4.68 Å². The molecule has 1 aromatic carbocycles. The minimum absolute atomic E-state index is 1.11. The fraction of sp³-hybridized carbons (Fsp3) is 0.182. The first-order chi connectivity index (χ1) is 7.25. The van der Waals surface area contributed by atoms with E-state index in [9.17, 15) is 0 Å². The molecule has 0 bridgehead atoms. The first-order valence-electron chi connectivity index (χ1n) is 4.72. The lowest BCUT2D eigenvalue weighted by Crippen LogP contribution is -1.91. The summed E-state index contributed by atoms with van der Waals surface area (Å²) in [7, 11) is 0. The summed E-state index contributed by atoms with van der Waals surface area (Å²) >= 11 is 0. The Morgan fingerprint density at radius 1 is 1.20 bits per heavy atom. The van der Waals surface area contributed by atoms with Gasteiger partial charge in [-0.05, 0) is 25.0 Å². The van der Waals surface area contributed by atoms with Gasteiger partial charge in [0, 0.05) is 0 Å². The average Bonchev–Trinajstić information content (AvgIpc) is 2.69. The van der Waals surface area contributed by atoms with Gasteiger partial charge in [-0.15, -0.1) is 10.2 Å². The van der Waals surface area contributed by atoms with E-state index in [0.29, 0.717) is 0 Å². The van der Waals surface area contributed by atoms with Gasteiger partial charge in [0.2, 0.25) is 0 Å². The van der Waals surface area contributed by atoms with Gasteiger partial charge in [-0.3, -0.25) is 0 Å². The van der Waals surface area contributed by atoms with Crippen LogP contribution in [0.15, 0.2) is 36.0 Å². The maximum atomic E-state index is 4.19. The highest BCUT2D eigenvalue weighted by molar-refractivity contribution is 5.81. The topological polar surface area (TPSA) is 43.1 Å². The van der Waals surface area contributed by atoms with Crippen LogP contribution in [0.25, 0.3) is 0 Å². The van der Waals surface area contributed by atoms with E-state index in [1.807, 2.05) is 0 Å². The van der Waals surface area contributed by atoms with Gasteiger partial charge in [0.25, 0.3) is 0 Å². The lowest BCUT2D eigenvalue weighted by Gasteiger charge is -2.00. The average molecular weight is 200 g/mol. The fourth-order valence-corrected chi connectivity index (χ4v) is 1.35. The molecule has 2 aromatic rings. The van der Waals surface area contributed by atoms with Crippen molar-refractivity contribution >= 4 is 6.21 Å². The minimum Gasteiger partial charge on any atom is -0.208 e. The molecule has 2 rings (SSSR count). The van der Waals surface area contributed by atoms with Crippen LogP contribution in [0, 0.1) is 13.8 Å². The molecule has 0 atom stereocenters. The van der Waals surface area contributed by atoms with Crippen molar-refractivity contribution in [3.63, 3.8) is 0 Å². The molecule has 76 valence electrons. The Balaban J connectivity index is 2.24. The van der Waals surface area contributed by atoms with E-state index < -0.39 is 0 Å². The number of hydrogen-bond donors (Lipinski definition) is 0. The summed E-state index contributed by atoms with van der Waals surface area (Å²) < 4.78 is 1.57. The van der Waals surface area contributed by atoms with Crippen molar-refractivity contribution in [2.24, 2.45) is 5.10 Å². The van der Waals surface area contributed by atoms with E-state index in [1.54, 1.807) is 23.5 Å². The molecule has 4 heteroatoms. The molecule has 4 nitrogen and oxygen atoms in total. The molecule has 0 aliphatic heterocycles. The molecule has 0 unspecified atom stereocenters. The third-order valence-corrected chi connectivity index (χ3v) is 2.16. The van der Waals surface area contributed by atoms with Crippen molar-refractivity contribution in [3.8, 4) is 0 Å². The standard InChI is InChI=1S/C11H12N4/c1-9-3-4-11(10(2)5-9)6-14-15-7-12-13-8-15/h3-8H,1-2H3/b14-6-. The Kier molecular flexibility index (Phi) is 2.58. The van der Waals surface area contributed by atoms with E-state index in [-0.39, 0.29) is 0 Å². The highest BCUT2D eigenvalue weighted by atomic mass is 15.4. The highest BCUT2D eigenvalue weighted by Crippen LogP contribution is 2.08. The van der Waals surface area contributed by atoms with Gasteiger partial charge < -0.3 is 0 Å². The number of aryl methyl sites for hydroxylation is 2. The maximum Gasteiger partial charge on any atom is 0.141 e. The van der Waals surface area contributed by atoms with Gasteiger partial charge in [0.05, 0.1) is 6.21 Å². The van der Waals surface area contributed by atoms with Crippen LogP contribution in [-0.4, -0.2) is 21.1 Å². The molecule has 0 N–H and O–H groups in total. The number of aromatic nitrogens is 3. The SMILES string of the molecule is Cc1ccc(/C=N\n2cnnc2)c(C)c1. The van der Waals surface area contributed by atoms with Gasteiger partial charge >= 0.3 is 0 Å². The van der Waals surface area contributed by atoms with Gasteiger partial charge in [0.15, 0.2) is 0 Å². The molecule has 0 radical (unpaired) electrons. The monoisotopic (exact) mass is 200 g/mol. The van der Waals surface area contributed by atoms with E-state index >= 15 is 0 Å². The van der Waals surface area contributed by atoms with Gasteiger partial charge in [-0.2, -0.15) is 5.10 Å². The second kappa shape index (κ2) is 4.04. The molecule has 0 saturated heterocycles. The van der Waals surface area contributed by atoms with E-state index in [4.69, 9.17) is 0 Å². The predicted molar refractivity (Wildman–Crippen MR) is 58.9 cm³/mol. The summed E-state index contributed by atoms with van der Waals surface area (Å²) in [5.41, 5.74) is 3.58. The Morgan fingerprint density at radius 2 is 1.93 bits per heavy atom. The Bertz CT molecular complexity index is 471. The van der Waals surface area contributed by atoms with Gasteiger partial charge in [0.1, 0.15) is 12.7 Å². The molecule has 1 heterocycles. The molecule has 0 saturated carbocycles. The highest BCUT2D eigenvalue weighted by Gasteiger charge is 1.94. The van der Waals surface area contributed by atoms with E-state index in [2.05, 4.69) is 47.3 Å². The normalized spacial score (nSPS) is 11.1. The number of hydrogen-bond acceptors (Lipinski definition) is 3. The Morgan fingerprint density at radius 3 is 2.60 bits per heavy atom. The van der Waals surface area contributed by atoms with Crippen LogP contribution in [-0.2, 0) is 0 Å². The summed E-state index contributed by atoms with van der Waals surface area (Å²) in [5.74, 6) is 0. The zero-order chi connectivity index (χ0) is 10.7. The summed E-state index contributed by atoms with van der Waals surface area (Å²) in [5, 5.41) is 11.5. The zero-order valence-electron chi connectivity index (χ0n) is 8.75. The van der Waals surface area contributed by atoms with Crippen molar-refractivity contribution in [1.82, 2.24) is 14.9 Å². The third kappa shape index (κ3) is 2.28.